The van der Waals surface area contributed by atoms with Crippen LogP contribution in [-0.4, -0.2) is 28.1 Å². The zero-order valence-corrected chi connectivity index (χ0v) is 19.3. The maximum atomic E-state index is 12.1. The van der Waals surface area contributed by atoms with Crippen LogP contribution >= 0.6 is 34.9 Å². The minimum atomic E-state index is -0.175. The minimum absolute atomic E-state index is 0.175. The first-order valence-corrected chi connectivity index (χ1v) is 12.4. The lowest BCUT2D eigenvalue weighted by molar-refractivity contribution is -0.118. The van der Waals surface area contributed by atoms with Crippen LogP contribution in [0.15, 0.2) is 80.5 Å². The lowest BCUT2D eigenvalue weighted by Crippen LogP contribution is -2.19. The highest BCUT2D eigenvalue weighted by Crippen LogP contribution is 2.30. The fourth-order valence-electron chi connectivity index (χ4n) is 2.84. The first-order chi connectivity index (χ1) is 15.2. The number of amides is 1. The molecule has 5 nitrogen and oxygen atoms in total. The number of aryl methyl sites for hydroxylation is 1. The van der Waals surface area contributed by atoms with E-state index in [9.17, 15) is 4.79 Å². The standard InChI is InChI=1S/C23H20N4OS3/c1-16-9-11-17(12-10-16)14-29-22-26-27-23(31-22)30-15-21(28)25-24-13-19-7-4-6-18-5-2-3-8-20(18)19/h2-13H,14-15H2,1H3,(H,25,28)/b24-13+. The Kier molecular flexibility index (Phi) is 7.35. The normalized spacial score (nSPS) is 11.3. The zero-order valence-electron chi connectivity index (χ0n) is 16.8. The van der Waals surface area contributed by atoms with E-state index in [2.05, 4.69) is 64.0 Å². The second kappa shape index (κ2) is 10.6. The molecule has 31 heavy (non-hydrogen) atoms. The van der Waals surface area contributed by atoms with E-state index in [1.807, 2.05) is 30.3 Å². The fraction of sp³-hybridized carbons (Fsp3) is 0.130. The van der Waals surface area contributed by atoms with E-state index in [0.29, 0.717) is 0 Å². The molecule has 8 heteroatoms. The third-order valence-electron chi connectivity index (χ3n) is 4.41. The van der Waals surface area contributed by atoms with Crippen LogP contribution in [-0.2, 0) is 10.5 Å². The molecule has 0 bridgehead atoms. The number of carbonyl (C=O) groups is 1. The van der Waals surface area contributed by atoms with Crippen molar-refractivity contribution < 1.29 is 4.79 Å². The Balaban J connectivity index is 1.24. The summed E-state index contributed by atoms with van der Waals surface area (Å²) in [5.41, 5.74) is 6.05. The number of fused-ring (bicyclic) bond motifs is 1. The van der Waals surface area contributed by atoms with Crippen LogP contribution in [0.1, 0.15) is 16.7 Å². The highest BCUT2D eigenvalue weighted by Gasteiger charge is 2.09. The highest BCUT2D eigenvalue weighted by molar-refractivity contribution is 8.03. The Labute approximate surface area is 193 Å². The van der Waals surface area contributed by atoms with Gasteiger partial charge in [0, 0.05) is 11.3 Å². The summed E-state index contributed by atoms with van der Waals surface area (Å²) in [6.45, 7) is 2.08. The molecule has 0 atom stereocenters. The molecule has 0 aliphatic rings. The maximum absolute atomic E-state index is 12.1. The van der Waals surface area contributed by atoms with Crippen molar-refractivity contribution in [3.8, 4) is 0 Å². The van der Waals surface area contributed by atoms with Gasteiger partial charge in [-0.15, -0.1) is 10.2 Å². The predicted octanol–water partition coefficient (Wildman–Crippen LogP) is 5.53. The summed E-state index contributed by atoms with van der Waals surface area (Å²) in [6, 6.07) is 22.6. The number of thioether (sulfide) groups is 2. The number of hydrazone groups is 1. The highest BCUT2D eigenvalue weighted by atomic mass is 32.2. The predicted molar refractivity (Wildman–Crippen MR) is 131 cm³/mol. The Bertz CT molecular complexity index is 1200. The van der Waals surface area contributed by atoms with E-state index in [1.165, 1.54) is 34.2 Å². The minimum Gasteiger partial charge on any atom is -0.272 e. The van der Waals surface area contributed by atoms with Crippen molar-refractivity contribution in [3.05, 3.63) is 83.4 Å². The second-order valence-electron chi connectivity index (χ2n) is 6.76. The molecule has 4 rings (SSSR count). The molecule has 0 fully saturated rings. The van der Waals surface area contributed by atoms with Gasteiger partial charge in [-0.2, -0.15) is 5.10 Å². The topological polar surface area (TPSA) is 67.2 Å². The van der Waals surface area contributed by atoms with E-state index in [-0.39, 0.29) is 11.7 Å². The average molecular weight is 465 g/mol. The Hall–Kier alpha value is -2.68. The number of benzene rings is 3. The Morgan fingerprint density at radius 3 is 2.58 bits per heavy atom. The quantitative estimate of drug-likeness (QED) is 0.211. The van der Waals surface area contributed by atoms with Crippen LogP contribution in [0.25, 0.3) is 10.8 Å². The van der Waals surface area contributed by atoms with E-state index in [1.54, 1.807) is 18.0 Å². The van der Waals surface area contributed by atoms with Crippen molar-refractivity contribution in [2.45, 2.75) is 21.4 Å². The van der Waals surface area contributed by atoms with Gasteiger partial charge in [0.2, 0.25) is 0 Å². The van der Waals surface area contributed by atoms with Crippen molar-refractivity contribution in [2.75, 3.05) is 5.75 Å². The molecular formula is C23H20N4OS3. The largest absolute Gasteiger partial charge is 0.272 e. The molecular weight excluding hydrogens is 444 g/mol. The molecule has 1 amide bonds. The van der Waals surface area contributed by atoms with Crippen LogP contribution in [0, 0.1) is 6.92 Å². The van der Waals surface area contributed by atoms with Gasteiger partial charge in [-0.05, 0) is 23.3 Å². The lowest BCUT2D eigenvalue weighted by atomic mass is 10.1. The summed E-state index contributed by atoms with van der Waals surface area (Å²) in [4.78, 5) is 12.1. The van der Waals surface area contributed by atoms with Crippen LogP contribution < -0.4 is 5.43 Å². The molecule has 0 spiro atoms. The summed E-state index contributed by atoms with van der Waals surface area (Å²) < 4.78 is 1.68. The number of aromatic nitrogens is 2. The Morgan fingerprint density at radius 2 is 1.74 bits per heavy atom. The van der Waals surface area contributed by atoms with Crippen LogP contribution in [0.2, 0.25) is 0 Å². The molecule has 1 aromatic heterocycles. The van der Waals surface area contributed by atoms with Crippen LogP contribution in [0.3, 0.4) is 0 Å². The van der Waals surface area contributed by atoms with Gasteiger partial charge in [-0.3, -0.25) is 4.79 Å². The van der Waals surface area contributed by atoms with Gasteiger partial charge in [0.15, 0.2) is 8.68 Å². The number of hydrogen-bond acceptors (Lipinski definition) is 7. The summed E-state index contributed by atoms with van der Waals surface area (Å²) in [5, 5.41) is 14.7. The van der Waals surface area contributed by atoms with Crippen LogP contribution in [0.5, 0.6) is 0 Å². The lowest BCUT2D eigenvalue weighted by Gasteiger charge is -2.01. The first-order valence-electron chi connectivity index (χ1n) is 9.62. The van der Waals surface area contributed by atoms with Gasteiger partial charge >= 0.3 is 0 Å². The van der Waals surface area contributed by atoms with Gasteiger partial charge in [0.1, 0.15) is 0 Å². The SMILES string of the molecule is Cc1ccc(CSc2nnc(SCC(=O)N/N=C/c3cccc4ccccc34)s2)cc1. The summed E-state index contributed by atoms with van der Waals surface area (Å²) >= 11 is 4.53. The molecule has 3 aromatic carbocycles. The van der Waals surface area contributed by atoms with Crippen molar-refractivity contribution in [3.63, 3.8) is 0 Å². The molecule has 0 saturated heterocycles. The van der Waals surface area contributed by atoms with Gasteiger partial charge in [0.05, 0.1) is 12.0 Å². The van der Waals surface area contributed by atoms with Crippen molar-refractivity contribution >= 4 is 57.8 Å². The van der Waals surface area contributed by atoms with Gasteiger partial charge in [-0.1, -0.05) is 107 Å². The molecule has 4 aromatic rings. The molecule has 1 heterocycles. The number of rotatable bonds is 8. The van der Waals surface area contributed by atoms with Crippen molar-refractivity contribution in [1.29, 1.82) is 0 Å². The van der Waals surface area contributed by atoms with Gasteiger partial charge in [-0.25, -0.2) is 5.43 Å². The van der Waals surface area contributed by atoms with Gasteiger partial charge in [0.25, 0.3) is 5.91 Å². The molecule has 0 saturated carbocycles. The summed E-state index contributed by atoms with van der Waals surface area (Å²) in [5.74, 6) is 0.915. The molecule has 0 unspecified atom stereocenters. The van der Waals surface area contributed by atoms with E-state index >= 15 is 0 Å². The average Bonchev–Trinajstić information content (AvgIpc) is 3.25. The van der Waals surface area contributed by atoms with Crippen molar-refractivity contribution in [1.82, 2.24) is 15.6 Å². The molecule has 156 valence electrons. The first kappa shape index (κ1) is 21.5. The van der Waals surface area contributed by atoms with Crippen LogP contribution in [0.4, 0.5) is 0 Å². The number of carbonyl (C=O) groups excluding carboxylic acids is 1. The fourth-order valence-corrected chi connectivity index (χ4v) is 5.61. The van der Waals surface area contributed by atoms with E-state index in [4.69, 9.17) is 0 Å². The van der Waals surface area contributed by atoms with E-state index in [0.717, 1.165) is 30.8 Å². The molecule has 0 aliphatic heterocycles. The maximum Gasteiger partial charge on any atom is 0.250 e. The summed E-state index contributed by atoms with van der Waals surface area (Å²) in [6.07, 6.45) is 1.68. The summed E-state index contributed by atoms with van der Waals surface area (Å²) in [7, 11) is 0. The smallest absolute Gasteiger partial charge is 0.250 e. The molecule has 1 N–H and O–H groups in total. The van der Waals surface area contributed by atoms with Crippen molar-refractivity contribution in [2.24, 2.45) is 5.10 Å². The third-order valence-corrected chi connectivity index (χ3v) is 7.67. The monoisotopic (exact) mass is 464 g/mol. The molecule has 0 aliphatic carbocycles. The van der Waals surface area contributed by atoms with E-state index < -0.39 is 0 Å². The zero-order chi connectivity index (χ0) is 21.5. The number of nitrogens with zero attached hydrogens (tertiary/aromatic N) is 3. The number of hydrogen-bond donors (Lipinski definition) is 1. The van der Waals surface area contributed by atoms with Gasteiger partial charge < -0.3 is 0 Å². The second-order valence-corrected chi connectivity index (χ2v) is 10.2. The Morgan fingerprint density at radius 1 is 1.00 bits per heavy atom. The molecule has 0 radical (unpaired) electrons. The third kappa shape index (κ3) is 6.16. The number of nitrogens with one attached hydrogen (secondary N) is 1.